The molecular weight excluding hydrogens is 464 g/mol. The van der Waals surface area contributed by atoms with Gasteiger partial charge < -0.3 is 10.1 Å². The number of para-hydroxylation sites is 1. The molecule has 0 aliphatic heterocycles. The lowest BCUT2D eigenvalue weighted by molar-refractivity contribution is -0.385. The number of rotatable bonds is 7. The molecule has 9 nitrogen and oxygen atoms in total. The Morgan fingerprint density at radius 1 is 0.944 bits per heavy atom. The van der Waals surface area contributed by atoms with Crippen molar-refractivity contribution in [3.63, 3.8) is 0 Å². The van der Waals surface area contributed by atoms with Gasteiger partial charge in [0.1, 0.15) is 11.1 Å². The van der Waals surface area contributed by atoms with Crippen LogP contribution in [0.3, 0.4) is 0 Å². The third kappa shape index (κ3) is 4.38. The number of amides is 1. The highest BCUT2D eigenvalue weighted by Crippen LogP contribution is 2.35. The summed E-state index contributed by atoms with van der Waals surface area (Å²) >= 11 is 0. The predicted molar refractivity (Wildman–Crippen MR) is 130 cm³/mol. The van der Waals surface area contributed by atoms with Crippen molar-refractivity contribution in [2.24, 2.45) is 0 Å². The number of ether oxygens (including phenoxy) is 1. The minimum Gasteiger partial charge on any atom is -0.452 e. The molecular formula is C27H22N2O7. The van der Waals surface area contributed by atoms with Crippen molar-refractivity contribution in [1.29, 1.82) is 0 Å². The van der Waals surface area contributed by atoms with Gasteiger partial charge in [0.05, 0.1) is 4.92 Å². The van der Waals surface area contributed by atoms with Crippen LogP contribution >= 0.6 is 0 Å². The van der Waals surface area contributed by atoms with E-state index in [1.54, 1.807) is 18.2 Å². The Balaban J connectivity index is 1.58. The summed E-state index contributed by atoms with van der Waals surface area (Å²) in [5, 5.41) is 14.6. The van der Waals surface area contributed by atoms with Crippen LogP contribution in [0.15, 0.2) is 60.7 Å². The van der Waals surface area contributed by atoms with Gasteiger partial charge >= 0.3 is 5.97 Å². The van der Waals surface area contributed by atoms with E-state index < -0.39 is 51.8 Å². The maximum atomic E-state index is 13.1. The third-order valence-electron chi connectivity index (χ3n) is 6.18. The SMILES string of the molecule is CC[C@H](C)c1ccccc1NC(=O)COC(=O)c1ccc2c(c1[N+](=O)[O-])C(=O)c1ccccc1C2=O. The molecule has 0 unspecified atom stereocenters. The van der Waals surface area contributed by atoms with Crippen molar-refractivity contribution in [2.75, 3.05) is 11.9 Å². The molecule has 1 amide bonds. The number of carbonyl (C=O) groups is 4. The van der Waals surface area contributed by atoms with Gasteiger partial charge in [0.2, 0.25) is 5.78 Å². The Bertz CT molecular complexity index is 1430. The fourth-order valence-electron chi connectivity index (χ4n) is 4.18. The van der Waals surface area contributed by atoms with Crippen molar-refractivity contribution >= 4 is 34.8 Å². The van der Waals surface area contributed by atoms with Crippen LogP contribution < -0.4 is 5.32 Å². The lowest BCUT2D eigenvalue weighted by Crippen LogP contribution is -2.25. The molecule has 1 N–H and O–H groups in total. The monoisotopic (exact) mass is 486 g/mol. The summed E-state index contributed by atoms with van der Waals surface area (Å²) in [5.41, 5.74) is -0.327. The number of hydrogen-bond donors (Lipinski definition) is 1. The average molecular weight is 486 g/mol. The number of nitrogens with zero attached hydrogens (tertiary/aromatic N) is 1. The maximum absolute atomic E-state index is 13.1. The second-order valence-corrected chi connectivity index (χ2v) is 8.37. The molecule has 9 heteroatoms. The standard InChI is InChI=1S/C27H22N2O7/c1-3-15(2)16-8-6-7-11-21(16)28-22(30)14-36-27(33)20-13-12-19-23(24(20)29(34)35)26(32)18-10-5-4-9-17(18)25(19)31/h4-13,15H,3,14H2,1-2H3,(H,28,30)/t15-/m0/s1. The molecule has 36 heavy (non-hydrogen) atoms. The van der Waals surface area contributed by atoms with Crippen molar-refractivity contribution < 1.29 is 28.8 Å². The van der Waals surface area contributed by atoms with Gasteiger partial charge in [-0.05, 0) is 36.1 Å². The van der Waals surface area contributed by atoms with Gasteiger partial charge in [0, 0.05) is 22.4 Å². The fourth-order valence-corrected chi connectivity index (χ4v) is 4.18. The first kappa shape index (κ1) is 24.5. The smallest absolute Gasteiger partial charge is 0.345 e. The first-order valence-corrected chi connectivity index (χ1v) is 11.3. The van der Waals surface area contributed by atoms with Crippen LogP contribution in [0.5, 0.6) is 0 Å². The van der Waals surface area contributed by atoms with Crippen LogP contribution in [0, 0.1) is 10.1 Å². The lowest BCUT2D eigenvalue weighted by atomic mass is 9.82. The number of ketones is 2. The molecule has 4 rings (SSSR count). The summed E-state index contributed by atoms with van der Waals surface area (Å²) in [5.74, 6) is -2.88. The Labute approximate surface area is 206 Å². The molecule has 0 spiro atoms. The maximum Gasteiger partial charge on any atom is 0.345 e. The number of nitro benzene ring substituents is 1. The van der Waals surface area contributed by atoms with E-state index >= 15 is 0 Å². The molecule has 3 aromatic rings. The molecule has 0 saturated carbocycles. The minimum atomic E-state index is -1.16. The molecule has 0 saturated heterocycles. The second-order valence-electron chi connectivity index (χ2n) is 8.37. The number of benzene rings is 3. The summed E-state index contributed by atoms with van der Waals surface area (Å²) in [7, 11) is 0. The van der Waals surface area contributed by atoms with E-state index in [1.807, 2.05) is 26.0 Å². The number of fused-ring (bicyclic) bond motifs is 2. The molecule has 0 fully saturated rings. The van der Waals surface area contributed by atoms with Crippen LogP contribution in [-0.2, 0) is 9.53 Å². The second kappa shape index (κ2) is 9.91. The van der Waals surface area contributed by atoms with E-state index in [1.165, 1.54) is 24.3 Å². The molecule has 182 valence electrons. The highest BCUT2D eigenvalue weighted by Gasteiger charge is 2.39. The summed E-state index contributed by atoms with van der Waals surface area (Å²) in [4.78, 5) is 62.2. The Morgan fingerprint density at radius 2 is 1.58 bits per heavy atom. The van der Waals surface area contributed by atoms with E-state index in [0.29, 0.717) is 5.69 Å². The van der Waals surface area contributed by atoms with Crippen molar-refractivity contribution in [3.8, 4) is 0 Å². The van der Waals surface area contributed by atoms with E-state index in [2.05, 4.69) is 5.32 Å². The Hall–Kier alpha value is -4.66. The average Bonchev–Trinajstić information content (AvgIpc) is 2.89. The van der Waals surface area contributed by atoms with Gasteiger partial charge in [-0.2, -0.15) is 0 Å². The quantitative estimate of drug-likeness (QED) is 0.228. The normalized spacial score (nSPS) is 12.8. The first-order chi connectivity index (χ1) is 17.2. The number of nitrogens with one attached hydrogen (secondary N) is 1. The summed E-state index contributed by atoms with van der Waals surface area (Å²) < 4.78 is 5.05. The summed E-state index contributed by atoms with van der Waals surface area (Å²) in [6, 6.07) is 15.5. The molecule has 0 heterocycles. The predicted octanol–water partition coefficient (Wildman–Crippen LogP) is 4.68. The van der Waals surface area contributed by atoms with Gasteiger partial charge in [-0.25, -0.2) is 4.79 Å². The minimum absolute atomic E-state index is 0.0166. The van der Waals surface area contributed by atoms with E-state index in [4.69, 9.17) is 4.74 Å². The Kier molecular flexibility index (Phi) is 6.73. The van der Waals surface area contributed by atoms with E-state index in [0.717, 1.165) is 18.1 Å². The topological polar surface area (TPSA) is 133 Å². The number of esters is 1. The molecule has 1 atom stereocenters. The van der Waals surface area contributed by atoms with Crippen molar-refractivity contribution in [2.45, 2.75) is 26.2 Å². The van der Waals surface area contributed by atoms with Gasteiger partial charge in [-0.1, -0.05) is 56.3 Å². The van der Waals surface area contributed by atoms with Gasteiger partial charge in [0.15, 0.2) is 12.4 Å². The zero-order valence-corrected chi connectivity index (χ0v) is 19.6. The van der Waals surface area contributed by atoms with Gasteiger partial charge in [0.25, 0.3) is 11.6 Å². The zero-order chi connectivity index (χ0) is 26.0. The zero-order valence-electron chi connectivity index (χ0n) is 19.6. The number of anilines is 1. The number of nitro groups is 1. The van der Waals surface area contributed by atoms with Crippen LogP contribution in [0.2, 0.25) is 0 Å². The van der Waals surface area contributed by atoms with E-state index in [-0.39, 0.29) is 22.6 Å². The van der Waals surface area contributed by atoms with Crippen LogP contribution in [0.4, 0.5) is 11.4 Å². The van der Waals surface area contributed by atoms with Gasteiger partial charge in [-0.3, -0.25) is 24.5 Å². The molecule has 1 aliphatic rings. The molecule has 1 aliphatic carbocycles. The van der Waals surface area contributed by atoms with Crippen LogP contribution in [0.1, 0.15) is 74.0 Å². The highest BCUT2D eigenvalue weighted by molar-refractivity contribution is 6.30. The molecule has 0 radical (unpaired) electrons. The largest absolute Gasteiger partial charge is 0.452 e. The number of hydrogen-bond acceptors (Lipinski definition) is 7. The Morgan fingerprint density at radius 3 is 2.25 bits per heavy atom. The number of carbonyl (C=O) groups excluding carboxylic acids is 4. The fraction of sp³-hybridized carbons (Fsp3) is 0.185. The highest BCUT2D eigenvalue weighted by atomic mass is 16.6. The molecule has 3 aromatic carbocycles. The van der Waals surface area contributed by atoms with Crippen molar-refractivity contribution in [3.05, 3.63) is 104 Å². The third-order valence-corrected chi connectivity index (χ3v) is 6.18. The summed E-state index contributed by atoms with van der Waals surface area (Å²) in [6.45, 7) is 3.34. The van der Waals surface area contributed by atoms with Crippen molar-refractivity contribution in [1.82, 2.24) is 0 Å². The van der Waals surface area contributed by atoms with Crippen LogP contribution in [0.25, 0.3) is 0 Å². The summed E-state index contributed by atoms with van der Waals surface area (Å²) in [6.07, 6.45) is 0.857. The van der Waals surface area contributed by atoms with Crippen LogP contribution in [-0.4, -0.2) is 35.0 Å². The molecule has 0 bridgehead atoms. The van der Waals surface area contributed by atoms with E-state index in [9.17, 15) is 29.3 Å². The van der Waals surface area contributed by atoms with Gasteiger partial charge in [-0.15, -0.1) is 0 Å². The first-order valence-electron chi connectivity index (χ1n) is 11.3. The lowest BCUT2D eigenvalue weighted by Gasteiger charge is -2.18. The molecule has 0 aromatic heterocycles.